The fourth-order valence-corrected chi connectivity index (χ4v) is 7.00. The molecule has 0 radical (unpaired) electrons. The molecule has 6 rings (SSSR count). The van der Waals surface area contributed by atoms with Gasteiger partial charge >= 0.3 is 0 Å². The molecular formula is C33H66N4O3. The monoisotopic (exact) mass is 567 g/mol. The Labute approximate surface area is 247 Å². The molecule has 2 aliphatic carbocycles. The van der Waals surface area contributed by atoms with Gasteiger partial charge in [-0.2, -0.15) is 0 Å². The highest BCUT2D eigenvalue weighted by Crippen LogP contribution is 2.24. The molecule has 4 aliphatic heterocycles. The molecule has 0 unspecified atom stereocenters. The van der Waals surface area contributed by atoms with Crippen molar-refractivity contribution < 1.29 is 14.2 Å². The standard InChI is InChI=1S/C11H21NO.C10H20N2O.C7H15N.C5H10O/c1-9-3-2-4-10(7-9)12-11-5-6-13-8-11;1-8-6-9(2-4-11-8)12-10-3-5-13-7-10;1-6-3-2-4-7(8)5-6;1-5-2-3-6-4-5/h9-12H,2-8H2,1H3;8-12H,2-7H2,1H3;6-7H,2-5,8H2,1H3;5H,2-4H2,1H3/t9-,10-,11-;8-,9+,10+;6-,7-;5-/m0101/s1. The number of piperidine rings is 1. The second-order valence-corrected chi connectivity index (χ2v) is 14.0. The first-order valence-electron chi connectivity index (χ1n) is 17.1. The van der Waals surface area contributed by atoms with Gasteiger partial charge in [-0.3, -0.25) is 0 Å². The van der Waals surface area contributed by atoms with Crippen LogP contribution in [-0.2, 0) is 14.2 Å². The largest absolute Gasteiger partial charge is 0.381 e. The normalized spacial score (nSPS) is 39.7. The van der Waals surface area contributed by atoms with Crippen LogP contribution in [0.4, 0.5) is 0 Å². The van der Waals surface area contributed by atoms with Crippen LogP contribution < -0.4 is 21.7 Å². The van der Waals surface area contributed by atoms with E-state index in [2.05, 4.69) is 43.6 Å². The predicted molar refractivity (Wildman–Crippen MR) is 167 cm³/mol. The van der Waals surface area contributed by atoms with Crippen LogP contribution in [-0.4, -0.2) is 82.4 Å². The zero-order chi connectivity index (χ0) is 28.6. The molecule has 40 heavy (non-hydrogen) atoms. The van der Waals surface area contributed by atoms with E-state index in [-0.39, 0.29) is 0 Å². The van der Waals surface area contributed by atoms with Crippen molar-refractivity contribution in [3.63, 3.8) is 0 Å². The molecule has 4 heterocycles. The molecule has 4 saturated heterocycles. The van der Waals surface area contributed by atoms with Crippen LogP contribution in [0.5, 0.6) is 0 Å². The van der Waals surface area contributed by atoms with Gasteiger partial charge in [-0.15, -0.1) is 0 Å². The van der Waals surface area contributed by atoms with Crippen molar-refractivity contribution in [3.8, 4) is 0 Å². The van der Waals surface area contributed by atoms with Crippen molar-refractivity contribution in [2.45, 2.75) is 147 Å². The molecule has 0 amide bonds. The van der Waals surface area contributed by atoms with Crippen molar-refractivity contribution >= 4 is 0 Å². The minimum atomic E-state index is 0.513. The predicted octanol–water partition coefficient (Wildman–Crippen LogP) is 5.02. The van der Waals surface area contributed by atoms with Crippen LogP contribution in [0.3, 0.4) is 0 Å². The Kier molecular flexibility index (Phi) is 17.0. The van der Waals surface area contributed by atoms with Gasteiger partial charge in [0.25, 0.3) is 0 Å². The molecule has 0 aromatic rings. The summed E-state index contributed by atoms with van der Waals surface area (Å²) in [6.07, 6.45) is 17.0. The van der Waals surface area contributed by atoms with Crippen LogP contribution >= 0.6 is 0 Å². The number of nitrogens with one attached hydrogen (secondary N) is 3. The summed E-state index contributed by atoms with van der Waals surface area (Å²) < 4.78 is 15.8. The smallest absolute Gasteiger partial charge is 0.0620 e. The maximum absolute atomic E-state index is 5.73. The molecule has 5 N–H and O–H groups in total. The Bertz CT molecular complexity index is 579. The molecule has 0 aromatic heterocycles. The van der Waals surface area contributed by atoms with Crippen molar-refractivity contribution in [1.82, 2.24) is 16.0 Å². The summed E-state index contributed by atoms with van der Waals surface area (Å²) in [7, 11) is 0. The zero-order valence-corrected chi connectivity index (χ0v) is 26.6. The van der Waals surface area contributed by atoms with Gasteiger partial charge in [0.1, 0.15) is 0 Å². The van der Waals surface area contributed by atoms with E-state index in [4.69, 9.17) is 19.9 Å². The lowest BCUT2D eigenvalue weighted by Gasteiger charge is -2.30. The van der Waals surface area contributed by atoms with E-state index in [1.54, 1.807) is 0 Å². The summed E-state index contributed by atoms with van der Waals surface area (Å²) in [6, 6.07) is 3.94. The Balaban J connectivity index is 0.000000154. The van der Waals surface area contributed by atoms with Crippen LogP contribution in [0.2, 0.25) is 0 Å². The van der Waals surface area contributed by atoms with E-state index in [1.807, 2.05) is 0 Å². The highest BCUT2D eigenvalue weighted by atomic mass is 16.5. The molecule has 2 saturated carbocycles. The summed E-state index contributed by atoms with van der Waals surface area (Å²) in [6.45, 7) is 16.0. The summed E-state index contributed by atoms with van der Waals surface area (Å²) in [5, 5.41) is 10.9. The average Bonchev–Trinajstić information content (AvgIpc) is 3.71. The van der Waals surface area contributed by atoms with Gasteiger partial charge in [-0.1, -0.05) is 46.5 Å². The molecule has 0 aromatic carbocycles. The van der Waals surface area contributed by atoms with E-state index < -0.39 is 0 Å². The maximum Gasteiger partial charge on any atom is 0.0620 e. The number of nitrogens with two attached hydrogens (primary N) is 1. The van der Waals surface area contributed by atoms with Gasteiger partial charge in [0.15, 0.2) is 0 Å². The molecule has 7 nitrogen and oxygen atoms in total. The number of ether oxygens (including phenoxy) is 3. The Morgan fingerprint density at radius 1 is 0.550 bits per heavy atom. The van der Waals surface area contributed by atoms with Crippen LogP contribution in [0.1, 0.15) is 111 Å². The summed E-state index contributed by atoms with van der Waals surface area (Å²) in [5.41, 5.74) is 5.73. The van der Waals surface area contributed by atoms with E-state index in [0.29, 0.717) is 30.2 Å². The minimum absolute atomic E-state index is 0.513. The first-order valence-corrected chi connectivity index (χ1v) is 17.1. The number of hydrogen-bond donors (Lipinski definition) is 4. The topological polar surface area (TPSA) is 89.8 Å². The van der Waals surface area contributed by atoms with Gasteiger partial charge in [0.05, 0.1) is 13.2 Å². The fraction of sp³-hybridized carbons (Fsp3) is 1.00. The van der Waals surface area contributed by atoms with Gasteiger partial charge in [-0.05, 0) is 89.0 Å². The van der Waals surface area contributed by atoms with Gasteiger partial charge in [-0.25, -0.2) is 0 Å². The summed E-state index contributed by atoms with van der Waals surface area (Å²) in [5.74, 6) is 2.64. The van der Waals surface area contributed by atoms with Gasteiger partial charge in [0.2, 0.25) is 0 Å². The zero-order valence-electron chi connectivity index (χ0n) is 26.6. The molecule has 9 atom stereocenters. The minimum Gasteiger partial charge on any atom is -0.381 e. The van der Waals surface area contributed by atoms with E-state index >= 15 is 0 Å². The lowest BCUT2D eigenvalue weighted by atomic mass is 9.87. The third kappa shape index (κ3) is 14.8. The maximum atomic E-state index is 5.73. The summed E-state index contributed by atoms with van der Waals surface area (Å²) in [4.78, 5) is 0. The molecule has 236 valence electrons. The SMILES string of the molecule is C[C@@H]1CCOC1.C[C@@H]1C[C@@H](N[C@H]2CCOC2)CCN1.C[C@H]1CCC[C@H](N)C1.C[C@H]1CCC[C@H](N[C@H]2CCOC2)C1. The third-order valence-electron chi connectivity index (χ3n) is 9.50. The fourth-order valence-electron chi connectivity index (χ4n) is 7.00. The van der Waals surface area contributed by atoms with Crippen LogP contribution in [0.25, 0.3) is 0 Å². The molecule has 0 spiro atoms. The van der Waals surface area contributed by atoms with Crippen molar-refractivity contribution in [3.05, 3.63) is 0 Å². The summed E-state index contributed by atoms with van der Waals surface area (Å²) >= 11 is 0. The first-order chi connectivity index (χ1) is 19.4. The Hall–Kier alpha value is -0.280. The van der Waals surface area contributed by atoms with Crippen molar-refractivity contribution in [1.29, 1.82) is 0 Å². The second kappa shape index (κ2) is 19.8. The van der Waals surface area contributed by atoms with E-state index in [0.717, 1.165) is 70.0 Å². The second-order valence-electron chi connectivity index (χ2n) is 14.0. The number of hydrogen-bond acceptors (Lipinski definition) is 7. The average molecular weight is 567 g/mol. The van der Waals surface area contributed by atoms with Crippen molar-refractivity contribution in [2.24, 2.45) is 23.5 Å². The Morgan fingerprint density at radius 2 is 1.12 bits per heavy atom. The molecule has 6 aliphatic rings. The molecule has 6 fully saturated rings. The highest BCUT2D eigenvalue weighted by Gasteiger charge is 2.24. The Morgan fingerprint density at radius 3 is 1.55 bits per heavy atom. The number of rotatable bonds is 4. The van der Waals surface area contributed by atoms with Crippen LogP contribution in [0, 0.1) is 17.8 Å². The van der Waals surface area contributed by atoms with E-state index in [1.165, 1.54) is 83.5 Å². The van der Waals surface area contributed by atoms with Gasteiger partial charge in [0, 0.05) is 62.7 Å². The van der Waals surface area contributed by atoms with Gasteiger partial charge < -0.3 is 35.9 Å². The third-order valence-corrected chi connectivity index (χ3v) is 9.50. The lowest BCUT2D eigenvalue weighted by molar-refractivity contribution is 0.183. The molecular weight excluding hydrogens is 500 g/mol. The first kappa shape index (κ1) is 34.2. The van der Waals surface area contributed by atoms with Crippen LogP contribution in [0.15, 0.2) is 0 Å². The quantitative estimate of drug-likeness (QED) is 0.380. The lowest BCUT2D eigenvalue weighted by Crippen LogP contribution is -2.48. The van der Waals surface area contributed by atoms with E-state index in [9.17, 15) is 0 Å². The highest BCUT2D eigenvalue weighted by molar-refractivity contribution is 4.84. The molecule has 7 heteroatoms. The molecule has 0 bridgehead atoms. The van der Waals surface area contributed by atoms with Crippen molar-refractivity contribution in [2.75, 3.05) is 46.2 Å².